The standard InChI is InChI=1S/C14H17ClN2OS2/c1-14-8-11(16-13(19)17(14)6-7-20-2)9-4-3-5-10(15)12(9)18-14/h3-5,11H,6-8H2,1-2H3,(H,16,19). The molecule has 1 fully saturated rings. The molecule has 2 aliphatic heterocycles. The van der Waals surface area contributed by atoms with Gasteiger partial charge in [-0.15, -0.1) is 0 Å². The number of para-hydroxylation sites is 1. The Labute approximate surface area is 134 Å². The van der Waals surface area contributed by atoms with Crippen LogP contribution in [0.5, 0.6) is 5.75 Å². The summed E-state index contributed by atoms with van der Waals surface area (Å²) in [6, 6.07) is 6.06. The van der Waals surface area contributed by atoms with Crippen LogP contribution in [0.25, 0.3) is 0 Å². The smallest absolute Gasteiger partial charge is 0.184 e. The van der Waals surface area contributed by atoms with Gasteiger partial charge >= 0.3 is 0 Å². The average molecular weight is 329 g/mol. The van der Waals surface area contributed by atoms with Crippen LogP contribution in [0.3, 0.4) is 0 Å². The lowest BCUT2D eigenvalue weighted by Gasteiger charge is -2.52. The minimum atomic E-state index is -0.416. The number of halogens is 1. The number of ether oxygens (including phenoxy) is 1. The largest absolute Gasteiger partial charge is 0.466 e. The first-order chi connectivity index (χ1) is 9.55. The first-order valence-corrected chi connectivity index (χ1v) is 8.77. The first-order valence-electron chi connectivity index (χ1n) is 6.59. The highest BCUT2D eigenvalue weighted by atomic mass is 35.5. The molecule has 0 amide bonds. The predicted molar refractivity (Wildman–Crippen MR) is 88.7 cm³/mol. The molecule has 20 heavy (non-hydrogen) atoms. The fourth-order valence-electron chi connectivity index (χ4n) is 2.91. The molecule has 0 spiro atoms. The number of rotatable bonds is 3. The van der Waals surface area contributed by atoms with E-state index in [1.54, 1.807) is 11.8 Å². The summed E-state index contributed by atoms with van der Waals surface area (Å²) in [6.07, 6.45) is 2.97. The Balaban J connectivity index is 1.98. The van der Waals surface area contributed by atoms with Gasteiger partial charge in [0.1, 0.15) is 5.75 Å². The summed E-state index contributed by atoms with van der Waals surface area (Å²) in [5.41, 5.74) is 0.683. The summed E-state index contributed by atoms with van der Waals surface area (Å²) in [5, 5.41) is 4.86. The normalized spacial score (nSPS) is 27.6. The van der Waals surface area contributed by atoms with Crippen LogP contribution in [0.1, 0.15) is 24.9 Å². The lowest BCUT2D eigenvalue weighted by molar-refractivity contribution is -0.0653. The summed E-state index contributed by atoms with van der Waals surface area (Å²) < 4.78 is 6.26. The van der Waals surface area contributed by atoms with E-state index < -0.39 is 5.72 Å². The fraction of sp³-hybridized carbons (Fsp3) is 0.500. The van der Waals surface area contributed by atoms with Crippen molar-refractivity contribution in [3.8, 4) is 5.75 Å². The van der Waals surface area contributed by atoms with Crippen molar-refractivity contribution in [2.24, 2.45) is 0 Å². The minimum absolute atomic E-state index is 0.181. The Morgan fingerprint density at radius 3 is 3.15 bits per heavy atom. The summed E-state index contributed by atoms with van der Waals surface area (Å²) >= 11 is 13.6. The molecular formula is C14H17ClN2OS2. The number of nitrogens with one attached hydrogen (secondary N) is 1. The Morgan fingerprint density at radius 2 is 2.40 bits per heavy atom. The van der Waals surface area contributed by atoms with Gasteiger partial charge in [0.05, 0.1) is 11.1 Å². The van der Waals surface area contributed by atoms with E-state index in [4.69, 9.17) is 28.6 Å². The van der Waals surface area contributed by atoms with Crippen molar-refractivity contribution >= 4 is 40.7 Å². The van der Waals surface area contributed by atoms with Crippen molar-refractivity contribution < 1.29 is 4.74 Å². The van der Waals surface area contributed by atoms with E-state index in [1.165, 1.54) is 0 Å². The molecule has 1 aromatic carbocycles. The van der Waals surface area contributed by atoms with Crippen molar-refractivity contribution in [1.29, 1.82) is 0 Å². The molecule has 6 heteroatoms. The predicted octanol–water partition coefficient (Wildman–Crippen LogP) is 3.43. The molecule has 0 saturated carbocycles. The second-order valence-corrected chi connectivity index (χ2v) is 7.07. The van der Waals surface area contributed by atoms with Gasteiger partial charge in [0.25, 0.3) is 0 Å². The van der Waals surface area contributed by atoms with E-state index in [0.29, 0.717) is 5.02 Å². The number of fused-ring (bicyclic) bond motifs is 4. The highest BCUT2D eigenvalue weighted by Crippen LogP contribution is 2.46. The highest BCUT2D eigenvalue weighted by molar-refractivity contribution is 7.98. The first kappa shape index (κ1) is 14.3. The van der Waals surface area contributed by atoms with Gasteiger partial charge in [-0.2, -0.15) is 11.8 Å². The van der Waals surface area contributed by atoms with Crippen LogP contribution in [-0.2, 0) is 0 Å². The van der Waals surface area contributed by atoms with Gasteiger partial charge in [-0.05, 0) is 31.5 Å². The number of thioether (sulfide) groups is 1. The van der Waals surface area contributed by atoms with Crippen molar-refractivity contribution in [3.63, 3.8) is 0 Å². The molecule has 3 nitrogen and oxygen atoms in total. The summed E-state index contributed by atoms with van der Waals surface area (Å²) in [7, 11) is 0. The molecule has 1 saturated heterocycles. The van der Waals surface area contributed by atoms with Crippen LogP contribution in [0.2, 0.25) is 5.02 Å². The zero-order chi connectivity index (χ0) is 14.3. The lowest BCUT2D eigenvalue weighted by Crippen LogP contribution is -2.65. The van der Waals surface area contributed by atoms with Gasteiger partial charge in [0.2, 0.25) is 0 Å². The summed E-state index contributed by atoms with van der Waals surface area (Å²) in [6.45, 7) is 2.97. The summed E-state index contributed by atoms with van der Waals surface area (Å²) in [4.78, 5) is 2.14. The fourth-order valence-corrected chi connectivity index (χ4v) is 3.93. The van der Waals surface area contributed by atoms with Crippen LogP contribution < -0.4 is 10.1 Å². The molecule has 2 unspecified atom stereocenters. The van der Waals surface area contributed by atoms with Crippen molar-refractivity contribution in [2.45, 2.75) is 25.1 Å². The molecular weight excluding hydrogens is 312 g/mol. The summed E-state index contributed by atoms with van der Waals surface area (Å²) in [5.74, 6) is 1.80. The van der Waals surface area contributed by atoms with Gasteiger partial charge in [-0.3, -0.25) is 0 Å². The third-order valence-corrected chi connectivity index (χ3v) is 5.14. The van der Waals surface area contributed by atoms with E-state index in [0.717, 1.165) is 35.1 Å². The van der Waals surface area contributed by atoms with Gasteiger partial charge in [0.15, 0.2) is 10.8 Å². The number of nitrogens with zero attached hydrogens (tertiary/aromatic N) is 1. The molecule has 3 rings (SSSR count). The molecule has 2 bridgehead atoms. The van der Waals surface area contributed by atoms with E-state index >= 15 is 0 Å². The number of benzene rings is 1. The van der Waals surface area contributed by atoms with Crippen LogP contribution in [-0.4, -0.2) is 34.3 Å². The quantitative estimate of drug-likeness (QED) is 0.857. The van der Waals surface area contributed by atoms with Crippen LogP contribution in [0, 0.1) is 0 Å². The van der Waals surface area contributed by atoms with E-state index in [-0.39, 0.29) is 6.04 Å². The lowest BCUT2D eigenvalue weighted by atomic mass is 9.90. The second-order valence-electron chi connectivity index (χ2n) is 5.29. The zero-order valence-electron chi connectivity index (χ0n) is 11.5. The monoisotopic (exact) mass is 328 g/mol. The molecule has 1 N–H and O–H groups in total. The molecule has 0 aliphatic carbocycles. The molecule has 0 aromatic heterocycles. The maximum atomic E-state index is 6.30. The Morgan fingerprint density at radius 1 is 1.60 bits per heavy atom. The third kappa shape index (κ3) is 2.26. The topological polar surface area (TPSA) is 24.5 Å². The minimum Gasteiger partial charge on any atom is -0.466 e. The maximum Gasteiger partial charge on any atom is 0.184 e. The Kier molecular flexibility index (Phi) is 3.77. The van der Waals surface area contributed by atoms with Crippen molar-refractivity contribution in [1.82, 2.24) is 10.2 Å². The second kappa shape index (κ2) is 5.28. The number of hydrogen-bond acceptors (Lipinski definition) is 3. The molecule has 0 radical (unpaired) electrons. The molecule has 2 atom stereocenters. The van der Waals surface area contributed by atoms with Crippen LogP contribution >= 0.6 is 35.6 Å². The molecule has 108 valence electrons. The van der Waals surface area contributed by atoms with Crippen molar-refractivity contribution in [3.05, 3.63) is 28.8 Å². The Hall–Kier alpha value is -0.650. The number of hydrogen-bond donors (Lipinski definition) is 1. The average Bonchev–Trinajstić information content (AvgIpc) is 2.39. The van der Waals surface area contributed by atoms with E-state index in [9.17, 15) is 0 Å². The third-order valence-electron chi connectivity index (χ3n) is 3.91. The number of thiocarbonyl (C=S) groups is 1. The van der Waals surface area contributed by atoms with Crippen molar-refractivity contribution in [2.75, 3.05) is 18.6 Å². The van der Waals surface area contributed by atoms with Gasteiger partial charge in [-0.25, -0.2) is 0 Å². The highest BCUT2D eigenvalue weighted by Gasteiger charge is 2.47. The molecule has 2 heterocycles. The van der Waals surface area contributed by atoms with Gasteiger partial charge in [-0.1, -0.05) is 23.7 Å². The SMILES string of the molecule is CSCCN1C(=S)NC2CC1(C)Oc1c(Cl)cccc12. The molecule has 2 aliphatic rings. The van der Waals surface area contributed by atoms with Crippen LogP contribution in [0.15, 0.2) is 18.2 Å². The molecule has 1 aromatic rings. The maximum absolute atomic E-state index is 6.30. The van der Waals surface area contributed by atoms with Crippen LogP contribution in [0.4, 0.5) is 0 Å². The van der Waals surface area contributed by atoms with E-state index in [1.807, 2.05) is 12.1 Å². The Bertz CT molecular complexity index is 554. The van der Waals surface area contributed by atoms with Gasteiger partial charge < -0.3 is 15.0 Å². The van der Waals surface area contributed by atoms with E-state index in [2.05, 4.69) is 29.5 Å². The zero-order valence-corrected chi connectivity index (χ0v) is 13.9. The van der Waals surface area contributed by atoms with Gasteiger partial charge in [0, 0.05) is 24.3 Å².